The van der Waals surface area contributed by atoms with Crippen LogP contribution in [0.2, 0.25) is 0 Å². The SMILES string of the molecule is Cc1c(C(=O)NC2CCCCCC2)sc2nc3n(c(=O)c12)CCCCC3. The zero-order valence-corrected chi connectivity index (χ0v) is 16.3. The van der Waals surface area contributed by atoms with Crippen molar-refractivity contribution < 1.29 is 4.79 Å². The van der Waals surface area contributed by atoms with Crippen LogP contribution in [0.3, 0.4) is 0 Å². The van der Waals surface area contributed by atoms with Crippen LogP contribution in [0, 0.1) is 6.92 Å². The van der Waals surface area contributed by atoms with Gasteiger partial charge in [-0.1, -0.05) is 32.1 Å². The Morgan fingerprint density at radius 2 is 1.85 bits per heavy atom. The van der Waals surface area contributed by atoms with Crippen LogP contribution in [0.25, 0.3) is 10.2 Å². The van der Waals surface area contributed by atoms with E-state index < -0.39 is 0 Å². The number of carbonyl (C=O) groups is 1. The fourth-order valence-electron chi connectivity index (χ4n) is 4.30. The summed E-state index contributed by atoms with van der Waals surface area (Å²) in [4.78, 5) is 32.0. The second-order valence-corrected chi connectivity index (χ2v) is 8.69. The molecule has 140 valence electrons. The van der Waals surface area contributed by atoms with Crippen molar-refractivity contribution in [3.8, 4) is 0 Å². The van der Waals surface area contributed by atoms with E-state index in [0.29, 0.717) is 10.3 Å². The van der Waals surface area contributed by atoms with Gasteiger partial charge in [-0.15, -0.1) is 11.3 Å². The third-order valence-corrected chi connectivity index (χ3v) is 6.99. The number of nitrogens with one attached hydrogen (secondary N) is 1. The van der Waals surface area contributed by atoms with Crippen LogP contribution in [0.5, 0.6) is 0 Å². The van der Waals surface area contributed by atoms with Gasteiger partial charge in [0, 0.05) is 19.0 Å². The van der Waals surface area contributed by atoms with Crippen LogP contribution in [-0.4, -0.2) is 21.5 Å². The Morgan fingerprint density at radius 3 is 2.62 bits per heavy atom. The summed E-state index contributed by atoms with van der Waals surface area (Å²) < 4.78 is 1.84. The van der Waals surface area contributed by atoms with E-state index in [2.05, 4.69) is 5.32 Å². The first-order valence-corrected chi connectivity index (χ1v) is 10.8. The van der Waals surface area contributed by atoms with Gasteiger partial charge in [0.15, 0.2) is 0 Å². The summed E-state index contributed by atoms with van der Waals surface area (Å²) >= 11 is 1.38. The smallest absolute Gasteiger partial charge is 0.262 e. The average molecular weight is 374 g/mol. The van der Waals surface area contributed by atoms with Crippen LogP contribution in [0.1, 0.15) is 78.8 Å². The molecule has 1 aliphatic heterocycles. The van der Waals surface area contributed by atoms with Crippen molar-refractivity contribution in [3.05, 3.63) is 26.6 Å². The Balaban J connectivity index is 1.68. The normalized spacial score (nSPS) is 19.0. The van der Waals surface area contributed by atoms with Gasteiger partial charge in [-0.25, -0.2) is 4.98 Å². The minimum Gasteiger partial charge on any atom is -0.349 e. The lowest BCUT2D eigenvalue weighted by molar-refractivity contribution is 0.0937. The first kappa shape index (κ1) is 17.7. The van der Waals surface area contributed by atoms with Crippen LogP contribution in [-0.2, 0) is 13.0 Å². The molecule has 26 heavy (non-hydrogen) atoms. The quantitative estimate of drug-likeness (QED) is 0.811. The number of hydrogen-bond acceptors (Lipinski definition) is 4. The second-order valence-electron chi connectivity index (χ2n) is 7.69. The minimum absolute atomic E-state index is 0.0306. The lowest BCUT2D eigenvalue weighted by Crippen LogP contribution is -2.34. The summed E-state index contributed by atoms with van der Waals surface area (Å²) in [7, 11) is 0. The number of thiophene rings is 1. The predicted octanol–water partition coefficient (Wildman–Crippen LogP) is 3.95. The second kappa shape index (κ2) is 7.51. The maximum absolute atomic E-state index is 13.0. The summed E-state index contributed by atoms with van der Waals surface area (Å²) in [5.74, 6) is 0.856. The molecule has 1 saturated carbocycles. The Labute approximate surface area is 157 Å². The van der Waals surface area contributed by atoms with Crippen molar-refractivity contribution in [3.63, 3.8) is 0 Å². The third-order valence-electron chi connectivity index (χ3n) is 5.81. The van der Waals surface area contributed by atoms with Gasteiger partial charge in [0.1, 0.15) is 10.7 Å². The molecule has 1 N–H and O–H groups in total. The van der Waals surface area contributed by atoms with Gasteiger partial charge in [-0.2, -0.15) is 0 Å². The molecule has 6 heteroatoms. The van der Waals surface area contributed by atoms with Gasteiger partial charge in [0.05, 0.1) is 10.3 Å². The van der Waals surface area contributed by atoms with Crippen molar-refractivity contribution in [2.45, 2.75) is 83.7 Å². The van der Waals surface area contributed by atoms with E-state index in [-0.39, 0.29) is 17.5 Å². The first-order chi connectivity index (χ1) is 12.6. The van der Waals surface area contributed by atoms with Gasteiger partial charge in [-0.05, 0) is 38.2 Å². The molecular formula is C20H27N3O2S. The predicted molar refractivity (Wildman–Crippen MR) is 105 cm³/mol. The van der Waals surface area contributed by atoms with Crippen molar-refractivity contribution >= 4 is 27.5 Å². The molecule has 0 saturated heterocycles. The molecule has 2 aromatic heterocycles. The van der Waals surface area contributed by atoms with Crippen molar-refractivity contribution in [2.75, 3.05) is 0 Å². The Bertz CT molecular complexity index is 875. The van der Waals surface area contributed by atoms with Crippen LogP contribution < -0.4 is 10.9 Å². The minimum atomic E-state index is -0.0306. The number of amides is 1. The van der Waals surface area contributed by atoms with Crippen molar-refractivity contribution in [2.24, 2.45) is 0 Å². The van der Waals surface area contributed by atoms with Crippen molar-refractivity contribution in [1.29, 1.82) is 0 Å². The molecule has 0 bridgehead atoms. The highest BCUT2D eigenvalue weighted by Crippen LogP contribution is 2.29. The molecule has 1 amide bonds. The van der Waals surface area contributed by atoms with E-state index >= 15 is 0 Å². The van der Waals surface area contributed by atoms with E-state index in [1.165, 1.54) is 37.0 Å². The van der Waals surface area contributed by atoms with Gasteiger partial charge >= 0.3 is 0 Å². The van der Waals surface area contributed by atoms with Gasteiger partial charge in [0.2, 0.25) is 0 Å². The lowest BCUT2D eigenvalue weighted by atomic mass is 10.1. The molecule has 0 atom stereocenters. The number of carbonyl (C=O) groups excluding carboxylic acids is 1. The number of aryl methyl sites for hydroxylation is 2. The molecule has 2 aliphatic rings. The van der Waals surface area contributed by atoms with Crippen LogP contribution in [0.4, 0.5) is 0 Å². The molecule has 0 spiro atoms. The number of fused-ring (bicyclic) bond motifs is 2. The fraction of sp³-hybridized carbons (Fsp3) is 0.650. The zero-order valence-electron chi connectivity index (χ0n) is 15.5. The first-order valence-electron chi connectivity index (χ1n) is 9.99. The molecule has 0 radical (unpaired) electrons. The van der Waals surface area contributed by atoms with Gasteiger partial charge in [0.25, 0.3) is 11.5 Å². The van der Waals surface area contributed by atoms with E-state index in [9.17, 15) is 9.59 Å². The summed E-state index contributed by atoms with van der Waals surface area (Å²) in [5.41, 5.74) is 0.835. The molecule has 5 nitrogen and oxygen atoms in total. The van der Waals surface area contributed by atoms with E-state index in [1.807, 2.05) is 11.5 Å². The highest BCUT2D eigenvalue weighted by molar-refractivity contribution is 7.20. The summed E-state index contributed by atoms with van der Waals surface area (Å²) in [6.45, 7) is 2.64. The van der Waals surface area contributed by atoms with Crippen LogP contribution in [0.15, 0.2) is 4.79 Å². The average Bonchev–Trinajstić information content (AvgIpc) is 2.84. The number of hydrogen-bond donors (Lipinski definition) is 1. The Morgan fingerprint density at radius 1 is 1.12 bits per heavy atom. The zero-order chi connectivity index (χ0) is 18.1. The Kier molecular flexibility index (Phi) is 5.11. The summed E-state index contributed by atoms with van der Waals surface area (Å²) in [5, 5.41) is 3.86. The highest BCUT2D eigenvalue weighted by Gasteiger charge is 2.24. The number of nitrogens with zero attached hydrogens (tertiary/aromatic N) is 2. The topological polar surface area (TPSA) is 64.0 Å². The van der Waals surface area contributed by atoms with Gasteiger partial charge < -0.3 is 5.32 Å². The standard InChI is InChI=1S/C20H27N3O2S/c1-13-16-19(22-15-11-7-4-8-12-23(15)20(16)25)26-17(13)18(24)21-14-9-5-2-3-6-10-14/h14H,2-12H2,1H3,(H,21,24). The molecule has 4 rings (SSSR count). The molecule has 2 aromatic rings. The molecule has 1 aliphatic carbocycles. The van der Waals surface area contributed by atoms with E-state index in [1.54, 1.807) is 0 Å². The monoisotopic (exact) mass is 373 g/mol. The largest absolute Gasteiger partial charge is 0.349 e. The van der Waals surface area contributed by atoms with Gasteiger partial charge in [-0.3, -0.25) is 14.2 Å². The molecule has 0 unspecified atom stereocenters. The van der Waals surface area contributed by atoms with E-state index in [0.717, 1.165) is 61.3 Å². The molecule has 1 fully saturated rings. The molecule has 3 heterocycles. The number of rotatable bonds is 2. The maximum Gasteiger partial charge on any atom is 0.262 e. The fourth-order valence-corrected chi connectivity index (χ4v) is 5.39. The van der Waals surface area contributed by atoms with Crippen LogP contribution >= 0.6 is 11.3 Å². The molecular weight excluding hydrogens is 346 g/mol. The molecule has 0 aromatic carbocycles. The summed E-state index contributed by atoms with van der Waals surface area (Å²) in [6, 6.07) is 0.264. The lowest BCUT2D eigenvalue weighted by Gasteiger charge is -2.15. The van der Waals surface area contributed by atoms with E-state index in [4.69, 9.17) is 4.98 Å². The maximum atomic E-state index is 13.0. The van der Waals surface area contributed by atoms with Crippen molar-refractivity contribution in [1.82, 2.24) is 14.9 Å². The number of aromatic nitrogens is 2. The third kappa shape index (κ3) is 3.31. The highest BCUT2D eigenvalue weighted by atomic mass is 32.1. The summed E-state index contributed by atoms with van der Waals surface area (Å²) in [6.07, 6.45) is 11.1. The Hall–Kier alpha value is -1.69.